The SMILES string of the molecule is CCCC(C)(NC(=O)c1nnn(-c2cccc3cnccc23)c1C)C(=O)O. The predicted octanol–water partition coefficient (Wildman–Crippen LogP) is 2.50. The van der Waals surface area contributed by atoms with Crippen molar-refractivity contribution in [3.63, 3.8) is 0 Å². The van der Waals surface area contributed by atoms with E-state index >= 15 is 0 Å². The monoisotopic (exact) mass is 367 g/mol. The van der Waals surface area contributed by atoms with Gasteiger partial charge in [0.25, 0.3) is 5.91 Å². The lowest BCUT2D eigenvalue weighted by molar-refractivity contribution is -0.144. The number of aliphatic carboxylic acids is 1. The van der Waals surface area contributed by atoms with Gasteiger partial charge >= 0.3 is 5.97 Å². The number of rotatable bonds is 6. The second-order valence-electron chi connectivity index (χ2n) is 6.65. The van der Waals surface area contributed by atoms with Crippen LogP contribution in [-0.2, 0) is 4.79 Å². The lowest BCUT2D eigenvalue weighted by Gasteiger charge is -2.25. The summed E-state index contributed by atoms with van der Waals surface area (Å²) in [6, 6.07) is 7.57. The largest absolute Gasteiger partial charge is 0.480 e. The number of aromatic nitrogens is 4. The van der Waals surface area contributed by atoms with E-state index in [1.54, 1.807) is 24.0 Å². The first-order valence-electron chi connectivity index (χ1n) is 8.68. The summed E-state index contributed by atoms with van der Waals surface area (Å²) in [5.41, 5.74) is 0.0480. The average Bonchev–Trinajstić information content (AvgIpc) is 3.02. The van der Waals surface area contributed by atoms with E-state index in [1.807, 2.05) is 31.2 Å². The Morgan fingerprint density at radius 1 is 1.30 bits per heavy atom. The van der Waals surface area contributed by atoms with Crippen LogP contribution >= 0.6 is 0 Å². The fourth-order valence-electron chi connectivity index (χ4n) is 3.09. The molecule has 0 aliphatic carbocycles. The molecule has 1 aromatic carbocycles. The second kappa shape index (κ2) is 7.14. The molecule has 8 heteroatoms. The van der Waals surface area contributed by atoms with Crippen LogP contribution in [0, 0.1) is 6.92 Å². The molecule has 1 unspecified atom stereocenters. The minimum absolute atomic E-state index is 0.102. The van der Waals surface area contributed by atoms with E-state index in [1.165, 1.54) is 6.92 Å². The molecule has 2 aromatic heterocycles. The van der Waals surface area contributed by atoms with Crippen molar-refractivity contribution in [3.05, 3.63) is 48.0 Å². The number of amides is 1. The smallest absolute Gasteiger partial charge is 0.329 e. The number of hydrogen-bond acceptors (Lipinski definition) is 5. The van der Waals surface area contributed by atoms with E-state index in [4.69, 9.17) is 0 Å². The lowest BCUT2D eigenvalue weighted by Crippen LogP contribution is -2.52. The van der Waals surface area contributed by atoms with Crippen molar-refractivity contribution in [1.29, 1.82) is 0 Å². The summed E-state index contributed by atoms with van der Waals surface area (Å²) in [6.07, 6.45) is 4.38. The van der Waals surface area contributed by atoms with Gasteiger partial charge in [0.15, 0.2) is 5.69 Å². The molecule has 0 radical (unpaired) electrons. The molecule has 1 amide bonds. The highest BCUT2D eigenvalue weighted by atomic mass is 16.4. The summed E-state index contributed by atoms with van der Waals surface area (Å²) in [4.78, 5) is 28.4. The average molecular weight is 367 g/mol. The number of pyridine rings is 1. The maximum atomic E-state index is 12.7. The highest BCUT2D eigenvalue weighted by molar-refractivity contribution is 5.97. The van der Waals surface area contributed by atoms with Gasteiger partial charge in [-0.05, 0) is 32.4 Å². The van der Waals surface area contributed by atoms with Gasteiger partial charge in [0, 0.05) is 23.2 Å². The molecule has 0 aliphatic rings. The molecule has 3 rings (SSSR count). The zero-order chi connectivity index (χ0) is 19.6. The van der Waals surface area contributed by atoms with Gasteiger partial charge in [-0.2, -0.15) is 0 Å². The molecule has 2 N–H and O–H groups in total. The molecule has 27 heavy (non-hydrogen) atoms. The summed E-state index contributed by atoms with van der Waals surface area (Å²) in [6.45, 7) is 5.09. The van der Waals surface area contributed by atoms with Gasteiger partial charge in [0.05, 0.1) is 11.4 Å². The molecule has 3 aromatic rings. The number of hydrogen-bond donors (Lipinski definition) is 2. The van der Waals surface area contributed by atoms with Crippen LogP contribution in [0.2, 0.25) is 0 Å². The molecule has 140 valence electrons. The predicted molar refractivity (Wildman–Crippen MR) is 99.8 cm³/mol. The van der Waals surface area contributed by atoms with Crippen molar-refractivity contribution in [3.8, 4) is 5.69 Å². The van der Waals surface area contributed by atoms with Crippen molar-refractivity contribution in [1.82, 2.24) is 25.3 Å². The van der Waals surface area contributed by atoms with E-state index in [0.29, 0.717) is 18.5 Å². The Morgan fingerprint density at radius 3 is 2.78 bits per heavy atom. The fourth-order valence-corrected chi connectivity index (χ4v) is 3.09. The maximum Gasteiger partial charge on any atom is 0.329 e. The van der Waals surface area contributed by atoms with Crippen LogP contribution in [0.25, 0.3) is 16.5 Å². The first-order valence-corrected chi connectivity index (χ1v) is 8.68. The van der Waals surface area contributed by atoms with Crippen molar-refractivity contribution < 1.29 is 14.7 Å². The molecule has 2 heterocycles. The van der Waals surface area contributed by atoms with E-state index in [0.717, 1.165) is 16.5 Å². The Bertz CT molecular complexity index is 1010. The molecule has 0 fully saturated rings. The Hall–Kier alpha value is -3.29. The van der Waals surface area contributed by atoms with E-state index in [-0.39, 0.29) is 5.69 Å². The molecule has 0 saturated heterocycles. The molecular weight excluding hydrogens is 346 g/mol. The van der Waals surface area contributed by atoms with Crippen LogP contribution in [0.15, 0.2) is 36.7 Å². The molecule has 0 bridgehead atoms. The van der Waals surface area contributed by atoms with Crippen LogP contribution in [0.5, 0.6) is 0 Å². The first-order chi connectivity index (χ1) is 12.9. The first kappa shape index (κ1) is 18.5. The van der Waals surface area contributed by atoms with Crippen LogP contribution in [0.4, 0.5) is 0 Å². The van der Waals surface area contributed by atoms with Crippen molar-refractivity contribution in [2.24, 2.45) is 0 Å². The van der Waals surface area contributed by atoms with Gasteiger partial charge in [-0.15, -0.1) is 5.10 Å². The number of carbonyl (C=O) groups is 2. The van der Waals surface area contributed by atoms with Gasteiger partial charge in [0.1, 0.15) is 5.54 Å². The number of fused-ring (bicyclic) bond motifs is 1. The molecule has 0 spiro atoms. The number of nitrogens with zero attached hydrogens (tertiary/aromatic N) is 4. The Labute approximate surface area is 156 Å². The molecule has 0 saturated carbocycles. The van der Waals surface area contributed by atoms with Crippen molar-refractivity contribution in [2.45, 2.75) is 39.2 Å². The number of carboxylic acid groups (broad SMARTS) is 1. The summed E-state index contributed by atoms with van der Waals surface area (Å²) >= 11 is 0. The van der Waals surface area contributed by atoms with Gasteiger partial charge in [0.2, 0.25) is 0 Å². The highest BCUT2D eigenvalue weighted by Crippen LogP contribution is 2.23. The molecule has 8 nitrogen and oxygen atoms in total. The van der Waals surface area contributed by atoms with Crippen LogP contribution < -0.4 is 5.32 Å². The van der Waals surface area contributed by atoms with Crippen LogP contribution in [0.3, 0.4) is 0 Å². The van der Waals surface area contributed by atoms with Gasteiger partial charge in [-0.25, -0.2) is 9.48 Å². The van der Waals surface area contributed by atoms with Gasteiger partial charge < -0.3 is 10.4 Å². The summed E-state index contributed by atoms with van der Waals surface area (Å²) in [5, 5.41) is 22.0. The molecule has 1 atom stereocenters. The van der Waals surface area contributed by atoms with Crippen molar-refractivity contribution >= 4 is 22.6 Å². The van der Waals surface area contributed by atoms with E-state index < -0.39 is 17.4 Å². The second-order valence-corrected chi connectivity index (χ2v) is 6.65. The van der Waals surface area contributed by atoms with E-state index in [9.17, 15) is 14.7 Å². The lowest BCUT2D eigenvalue weighted by atomic mass is 9.96. The summed E-state index contributed by atoms with van der Waals surface area (Å²) in [7, 11) is 0. The normalized spacial score (nSPS) is 13.3. The zero-order valence-electron chi connectivity index (χ0n) is 15.4. The minimum Gasteiger partial charge on any atom is -0.480 e. The third-order valence-corrected chi connectivity index (χ3v) is 4.61. The minimum atomic E-state index is -1.35. The molecule has 0 aliphatic heterocycles. The number of benzene rings is 1. The Morgan fingerprint density at radius 2 is 2.07 bits per heavy atom. The third-order valence-electron chi connectivity index (χ3n) is 4.61. The standard InChI is InChI=1S/C19H21N5O3/c1-4-9-19(3,18(26)27)21-17(25)16-12(2)24(23-22-16)15-7-5-6-13-11-20-10-8-14(13)15/h5-8,10-11H,4,9H2,1-3H3,(H,21,25)(H,26,27). The topological polar surface area (TPSA) is 110 Å². The maximum absolute atomic E-state index is 12.7. The van der Waals surface area contributed by atoms with Crippen LogP contribution in [0.1, 0.15) is 42.9 Å². The van der Waals surface area contributed by atoms with E-state index in [2.05, 4.69) is 20.6 Å². The highest BCUT2D eigenvalue weighted by Gasteiger charge is 2.35. The summed E-state index contributed by atoms with van der Waals surface area (Å²) < 4.78 is 1.58. The number of carbonyl (C=O) groups excluding carboxylic acids is 1. The number of nitrogens with one attached hydrogen (secondary N) is 1. The molecular formula is C19H21N5O3. The Kier molecular flexibility index (Phi) is 4.89. The summed E-state index contributed by atoms with van der Waals surface area (Å²) in [5.74, 6) is -1.64. The van der Waals surface area contributed by atoms with Gasteiger partial charge in [-0.1, -0.05) is 30.7 Å². The third kappa shape index (κ3) is 3.38. The Balaban J connectivity index is 1.98. The quantitative estimate of drug-likeness (QED) is 0.693. The van der Waals surface area contributed by atoms with Gasteiger partial charge in [-0.3, -0.25) is 9.78 Å². The zero-order valence-corrected chi connectivity index (χ0v) is 15.4. The van der Waals surface area contributed by atoms with Crippen LogP contribution in [-0.4, -0.2) is 42.5 Å². The number of carboxylic acids is 1. The van der Waals surface area contributed by atoms with Crippen molar-refractivity contribution in [2.75, 3.05) is 0 Å². The fraction of sp³-hybridized carbons (Fsp3) is 0.316.